The second-order valence-corrected chi connectivity index (χ2v) is 5.42. The van der Waals surface area contributed by atoms with Crippen LogP contribution in [0.3, 0.4) is 0 Å². The van der Waals surface area contributed by atoms with Crippen LogP contribution in [0.1, 0.15) is 37.8 Å². The van der Waals surface area contributed by atoms with Crippen LogP contribution in [0.2, 0.25) is 0 Å². The molecule has 0 saturated carbocycles. The Morgan fingerprint density at radius 2 is 1.95 bits per heavy atom. The summed E-state index contributed by atoms with van der Waals surface area (Å²) in [6, 6.07) is 7.10. The molecule has 0 bridgehead atoms. The lowest BCUT2D eigenvalue weighted by molar-refractivity contribution is -0.143. The maximum Gasteiger partial charge on any atom is 0.308 e. The maximum absolute atomic E-state index is 13.1. The van der Waals surface area contributed by atoms with E-state index in [4.69, 9.17) is 4.74 Å². The second-order valence-electron chi connectivity index (χ2n) is 5.42. The van der Waals surface area contributed by atoms with E-state index in [1.54, 1.807) is 23.1 Å². The van der Waals surface area contributed by atoms with E-state index in [9.17, 15) is 14.0 Å². The molecule has 3 rings (SSSR count). The van der Waals surface area contributed by atoms with Gasteiger partial charge in [0.05, 0.1) is 12.5 Å². The van der Waals surface area contributed by atoms with E-state index in [1.165, 1.54) is 13.0 Å². The number of esters is 1. The highest BCUT2D eigenvalue weighted by molar-refractivity contribution is 5.85. The van der Waals surface area contributed by atoms with E-state index in [1.807, 2.05) is 12.1 Å². The van der Waals surface area contributed by atoms with E-state index < -0.39 is 0 Å². The highest BCUT2D eigenvalue weighted by Gasteiger charge is 2.39. The Bertz CT molecular complexity index is 676. The number of hydrogen-bond donors (Lipinski definition) is 0. The first-order valence-electron chi connectivity index (χ1n) is 7.20. The van der Waals surface area contributed by atoms with E-state index in [2.05, 4.69) is 0 Å². The fourth-order valence-corrected chi connectivity index (χ4v) is 2.77. The average Bonchev–Trinajstić information content (AvgIpc) is 2.47. The molecule has 1 atom stereocenters. The Kier molecular flexibility index (Phi) is 3.79. The smallest absolute Gasteiger partial charge is 0.308 e. The number of ether oxygens (including phenoxy) is 1. The predicted octanol–water partition coefficient (Wildman–Crippen LogP) is 3.42. The van der Waals surface area contributed by atoms with Crippen LogP contribution in [-0.2, 0) is 9.59 Å². The Morgan fingerprint density at radius 3 is 2.50 bits per heavy atom. The molecule has 1 aliphatic carbocycles. The number of nitrogens with zero attached hydrogens (tertiary/aromatic N) is 1. The molecule has 22 heavy (non-hydrogen) atoms. The van der Waals surface area contributed by atoms with Gasteiger partial charge in [0.1, 0.15) is 11.6 Å². The largest absolute Gasteiger partial charge is 0.427 e. The van der Waals surface area contributed by atoms with Crippen LogP contribution in [0.5, 0.6) is 5.75 Å². The molecule has 1 fully saturated rings. The number of allylic oxidation sites excluding steroid dienone is 4. The van der Waals surface area contributed by atoms with E-state index in [-0.39, 0.29) is 23.7 Å². The van der Waals surface area contributed by atoms with Crippen molar-refractivity contribution in [1.29, 1.82) is 0 Å². The van der Waals surface area contributed by atoms with Crippen molar-refractivity contribution in [3.05, 3.63) is 53.5 Å². The minimum atomic E-state index is -0.366. The third-order valence-corrected chi connectivity index (χ3v) is 3.86. The fraction of sp³-hybridized carbons (Fsp3) is 0.294. The number of rotatable bonds is 3. The predicted molar refractivity (Wildman–Crippen MR) is 78.5 cm³/mol. The van der Waals surface area contributed by atoms with Crippen molar-refractivity contribution in [3.63, 3.8) is 0 Å². The van der Waals surface area contributed by atoms with Crippen LogP contribution in [0.25, 0.3) is 0 Å². The molecule has 0 aromatic heterocycles. The molecule has 0 N–H and O–H groups in total. The van der Waals surface area contributed by atoms with Crippen molar-refractivity contribution in [2.75, 3.05) is 0 Å². The van der Waals surface area contributed by atoms with E-state index in [0.29, 0.717) is 25.0 Å². The second kappa shape index (κ2) is 5.75. The number of β-lactam (4-membered cyclic amide) rings is 1. The molecule has 4 nitrogen and oxygen atoms in total. The molecule has 0 spiro atoms. The molecule has 1 aliphatic heterocycles. The Labute approximate surface area is 127 Å². The third kappa shape index (κ3) is 2.79. The van der Waals surface area contributed by atoms with Crippen LogP contribution in [0.15, 0.2) is 47.9 Å². The van der Waals surface area contributed by atoms with Gasteiger partial charge < -0.3 is 9.64 Å². The average molecular weight is 301 g/mol. The number of carbonyl (C=O) groups excluding carboxylic acids is 2. The summed E-state index contributed by atoms with van der Waals surface area (Å²) in [7, 11) is 0. The summed E-state index contributed by atoms with van der Waals surface area (Å²) in [5.74, 6) is 0.0136. The number of hydrogen-bond acceptors (Lipinski definition) is 3. The number of likely N-dealkylation sites (tertiary alicyclic amines) is 1. The van der Waals surface area contributed by atoms with Crippen molar-refractivity contribution < 1.29 is 18.7 Å². The van der Waals surface area contributed by atoms with Gasteiger partial charge >= 0.3 is 5.97 Å². The van der Waals surface area contributed by atoms with Gasteiger partial charge in [0.25, 0.3) is 0 Å². The first-order valence-corrected chi connectivity index (χ1v) is 7.20. The quantitative estimate of drug-likeness (QED) is 0.488. The maximum atomic E-state index is 13.1. The summed E-state index contributed by atoms with van der Waals surface area (Å²) in [6.07, 6.45) is 4.42. The zero-order valence-corrected chi connectivity index (χ0v) is 12.2. The summed E-state index contributed by atoms with van der Waals surface area (Å²) in [5.41, 5.74) is 1.83. The lowest BCUT2D eigenvalue weighted by atomic mass is 9.91. The SMILES string of the molecule is CC(=O)Oc1ccc([C@@H]2CC(=O)N2C2=CC=C(F)CC2)cc1. The Morgan fingerprint density at radius 1 is 1.23 bits per heavy atom. The molecule has 2 aliphatic rings. The van der Waals surface area contributed by atoms with Gasteiger partial charge in [0.2, 0.25) is 5.91 Å². The number of benzene rings is 1. The highest BCUT2D eigenvalue weighted by Crippen LogP contribution is 2.40. The molecule has 1 aromatic rings. The highest BCUT2D eigenvalue weighted by atomic mass is 19.1. The summed E-state index contributed by atoms with van der Waals surface area (Å²) in [4.78, 5) is 24.5. The first kappa shape index (κ1) is 14.5. The monoisotopic (exact) mass is 301 g/mol. The molecular weight excluding hydrogens is 285 g/mol. The van der Waals surface area contributed by atoms with Crippen LogP contribution in [-0.4, -0.2) is 16.8 Å². The van der Waals surface area contributed by atoms with Gasteiger partial charge in [-0.25, -0.2) is 4.39 Å². The van der Waals surface area contributed by atoms with Crippen LogP contribution in [0.4, 0.5) is 4.39 Å². The topological polar surface area (TPSA) is 46.6 Å². The Balaban J connectivity index is 1.77. The van der Waals surface area contributed by atoms with Gasteiger partial charge in [0.15, 0.2) is 0 Å². The third-order valence-electron chi connectivity index (χ3n) is 3.86. The fourth-order valence-electron chi connectivity index (χ4n) is 2.77. The summed E-state index contributed by atoms with van der Waals surface area (Å²) in [6.45, 7) is 1.35. The van der Waals surface area contributed by atoms with Gasteiger partial charge in [-0.15, -0.1) is 0 Å². The molecule has 0 unspecified atom stereocenters. The normalized spacial score (nSPS) is 20.9. The van der Waals surface area contributed by atoms with Crippen LogP contribution < -0.4 is 4.74 Å². The van der Waals surface area contributed by atoms with E-state index in [0.717, 1.165) is 11.3 Å². The van der Waals surface area contributed by atoms with Gasteiger partial charge in [-0.3, -0.25) is 9.59 Å². The minimum Gasteiger partial charge on any atom is -0.427 e. The van der Waals surface area contributed by atoms with Crippen LogP contribution in [0, 0.1) is 0 Å². The van der Waals surface area contributed by atoms with Crippen LogP contribution >= 0.6 is 0 Å². The van der Waals surface area contributed by atoms with Crippen molar-refractivity contribution >= 4 is 11.9 Å². The lowest BCUT2D eigenvalue weighted by Gasteiger charge is -2.42. The molecule has 1 heterocycles. The number of halogens is 1. The Hall–Kier alpha value is -2.43. The van der Waals surface area contributed by atoms with Gasteiger partial charge in [0, 0.05) is 19.0 Å². The van der Waals surface area contributed by atoms with Crippen molar-refractivity contribution in [2.24, 2.45) is 0 Å². The minimum absolute atomic E-state index is 0.0281. The molecule has 5 heteroatoms. The molecule has 1 aromatic carbocycles. The molecule has 1 saturated heterocycles. The standard InChI is InChI=1S/C17H16FNO3/c1-11(20)22-15-8-2-12(3-9-15)16-10-17(21)19(16)14-6-4-13(18)5-7-14/h2-4,6,8-9,16H,5,7,10H2,1H3/t16-/m0/s1. The molecular formula is C17H16FNO3. The van der Waals surface area contributed by atoms with Crippen molar-refractivity contribution in [3.8, 4) is 5.75 Å². The molecule has 0 radical (unpaired) electrons. The number of amides is 1. The molecule has 114 valence electrons. The first-order chi connectivity index (χ1) is 10.5. The van der Waals surface area contributed by atoms with Gasteiger partial charge in [-0.2, -0.15) is 0 Å². The number of carbonyl (C=O) groups is 2. The van der Waals surface area contributed by atoms with Crippen molar-refractivity contribution in [1.82, 2.24) is 4.90 Å². The van der Waals surface area contributed by atoms with Crippen molar-refractivity contribution in [2.45, 2.75) is 32.2 Å². The zero-order valence-electron chi connectivity index (χ0n) is 12.2. The van der Waals surface area contributed by atoms with Gasteiger partial charge in [-0.1, -0.05) is 12.1 Å². The zero-order chi connectivity index (χ0) is 15.7. The van der Waals surface area contributed by atoms with Gasteiger partial charge in [-0.05, 0) is 36.3 Å². The molecule has 1 amide bonds. The summed E-state index contributed by atoms with van der Waals surface area (Å²) >= 11 is 0. The summed E-state index contributed by atoms with van der Waals surface area (Å²) in [5, 5.41) is 0. The van der Waals surface area contributed by atoms with E-state index >= 15 is 0 Å². The summed E-state index contributed by atoms with van der Waals surface area (Å²) < 4.78 is 18.1. The lowest BCUT2D eigenvalue weighted by Crippen LogP contribution is -2.45.